The molecule has 4 aromatic rings. The SMILES string of the molecule is CCOc1cc(C(=O)Nc2cc(C(F)(F)F)n(C)n2)ccc1-c1nc(C2CCC3CCC(=O)N3C2)n2ccnc(N)c12. The maximum absolute atomic E-state index is 13.2. The van der Waals surface area contributed by atoms with Crippen molar-refractivity contribution >= 4 is 29.0 Å². The Balaban J connectivity index is 1.36. The number of hydrogen-bond acceptors (Lipinski definition) is 7. The number of rotatable bonds is 6. The van der Waals surface area contributed by atoms with E-state index in [1.165, 1.54) is 12.1 Å². The van der Waals surface area contributed by atoms with Crippen molar-refractivity contribution in [3.63, 3.8) is 0 Å². The van der Waals surface area contributed by atoms with Gasteiger partial charge in [0.1, 0.15) is 34.3 Å². The molecule has 220 valence electrons. The van der Waals surface area contributed by atoms with Gasteiger partial charge in [0, 0.05) is 61.6 Å². The van der Waals surface area contributed by atoms with E-state index in [1.807, 2.05) is 9.30 Å². The van der Waals surface area contributed by atoms with E-state index < -0.39 is 17.8 Å². The van der Waals surface area contributed by atoms with Crippen LogP contribution in [-0.2, 0) is 18.0 Å². The van der Waals surface area contributed by atoms with Crippen molar-refractivity contribution in [3.05, 3.63) is 53.7 Å². The number of nitrogens with one attached hydrogen (secondary N) is 1. The molecule has 3 aromatic heterocycles. The third kappa shape index (κ3) is 4.80. The summed E-state index contributed by atoms with van der Waals surface area (Å²) in [5.74, 6) is 0.635. The molecule has 14 heteroatoms. The predicted molar refractivity (Wildman–Crippen MR) is 147 cm³/mol. The number of hydrogen-bond donors (Lipinski definition) is 2. The van der Waals surface area contributed by atoms with Gasteiger partial charge in [0.25, 0.3) is 5.91 Å². The van der Waals surface area contributed by atoms with Crippen molar-refractivity contribution in [1.82, 2.24) is 29.0 Å². The van der Waals surface area contributed by atoms with E-state index in [-0.39, 0.29) is 41.7 Å². The number of imidazole rings is 1. The summed E-state index contributed by atoms with van der Waals surface area (Å²) in [7, 11) is 1.15. The fraction of sp³-hybridized carbons (Fsp3) is 0.393. The van der Waals surface area contributed by atoms with E-state index in [4.69, 9.17) is 15.5 Å². The monoisotopic (exact) mass is 582 g/mol. The molecule has 3 N–H and O–H groups in total. The lowest BCUT2D eigenvalue weighted by Gasteiger charge is -2.34. The van der Waals surface area contributed by atoms with Crippen LogP contribution in [0.5, 0.6) is 5.75 Å². The van der Waals surface area contributed by atoms with Crippen molar-refractivity contribution in [1.29, 1.82) is 0 Å². The van der Waals surface area contributed by atoms with Gasteiger partial charge in [0.2, 0.25) is 5.91 Å². The average molecular weight is 583 g/mol. The zero-order chi connectivity index (χ0) is 29.8. The second-order valence-electron chi connectivity index (χ2n) is 10.5. The number of halogens is 3. The lowest BCUT2D eigenvalue weighted by Crippen LogP contribution is -2.41. The van der Waals surface area contributed by atoms with E-state index in [2.05, 4.69) is 15.4 Å². The molecule has 0 spiro atoms. The molecule has 11 nitrogen and oxygen atoms in total. The van der Waals surface area contributed by atoms with Gasteiger partial charge in [-0.1, -0.05) is 0 Å². The topological polar surface area (TPSA) is 133 Å². The number of alkyl halides is 3. The summed E-state index contributed by atoms with van der Waals surface area (Å²) in [6.07, 6.45) is 2.01. The summed E-state index contributed by atoms with van der Waals surface area (Å²) in [5.41, 5.74) is 7.18. The molecular weight excluding hydrogens is 553 g/mol. The number of ether oxygens (including phenoxy) is 1. The molecule has 2 atom stereocenters. The van der Waals surface area contributed by atoms with Crippen molar-refractivity contribution in [2.75, 3.05) is 24.2 Å². The van der Waals surface area contributed by atoms with Crippen LogP contribution in [0.3, 0.4) is 0 Å². The molecule has 42 heavy (non-hydrogen) atoms. The summed E-state index contributed by atoms with van der Waals surface area (Å²) in [6, 6.07) is 5.76. The second-order valence-corrected chi connectivity index (χ2v) is 10.5. The van der Waals surface area contributed by atoms with Crippen molar-refractivity contribution in [2.24, 2.45) is 7.05 Å². The number of aryl methyl sites for hydroxylation is 1. The van der Waals surface area contributed by atoms with E-state index in [9.17, 15) is 22.8 Å². The van der Waals surface area contributed by atoms with Crippen LogP contribution in [-0.4, -0.2) is 60.1 Å². The molecule has 6 rings (SSSR count). The fourth-order valence-corrected chi connectivity index (χ4v) is 5.96. The van der Waals surface area contributed by atoms with Crippen molar-refractivity contribution < 1.29 is 27.5 Å². The molecule has 0 radical (unpaired) electrons. The minimum Gasteiger partial charge on any atom is -0.493 e. The standard InChI is InChI=1S/C28H29F3N8O3/c1-3-42-19-12-15(27(41)34-21-13-20(28(29,30)31)37(2)36-21)5-8-18(19)23-24-25(32)33-10-11-38(24)26(35-23)16-4-6-17-7-9-22(40)39(17)14-16/h5,8,10-13,16-17H,3-4,6-7,9,14H2,1-2H3,(H2,32,33)(H,34,36,41). The van der Waals surface area contributed by atoms with Crippen molar-refractivity contribution in [3.8, 4) is 17.0 Å². The number of anilines is 2. The van der Waals surface area contributed by atoms with Gasteiger partial charge in [0.05, 0.1) is 6.61 Å². The summed E-state index contributed by atoms with van der Waals surface area (Å²) in [6.45, 7) is 2.65. The van der Waals surface area contributed by atoms with Crippen LogP contribution in [0, 0.1) is 0 Å². The Hall–Kier alpha value is -4.62. The Morgan fingerprint density at radius 3 is 2.76 bits per heavy atom. The molecule has 5 heterocycles. The van der Waals surface area contributed by atoms with Gasteiger partial charge in [-0.05, 0) is 44.4 Å². The molecule has 2 aliphatic rings. The molecule has 2 fully saturated rings. The van der Waals surface area contributed by atoms with Crippen molar-refractivity contribution in [2.45, 2.75) is 50.7 Å². The highest BCUT2D eigenvalue weighted by molar-refractivity contribution is 6.04. The summed E-state index contributed by atoms with van der Waals surface area (Å²) >= 11 is 0. The van der Waals surface area contributed by atoms with Crippen LogP contribution < -0.4 is 15.8 Å². The Kier molecular flexibility index (Phi) is 6.78. The highest BCUT2D eigenvalue weighted by atomic mass is 19.4. The summed E-state index contributed by atoms with van der Waals surface area (Å²) < 4.78 is 48.0. The van der Waals surface area contributed by atoms with Gasteiger partial charge in [-0.25, -0.2) is 9.97 Å². The highest BCUT2D eigenvalue weighted by Crippen LogP contribution is 2.40. The van der Waals surface area contributed by atoms with Crippen LogP contribution in [0.15, 0.2) is 36.7 Å². The number of piperidine rings is 1. The number of nitrogens with two attached hydrogens (primary N) is 1. The van der Waals surface area contributed by atoms with Crippen LogP contribution in [0.25, 0.3) is 16.8 Å². The maximum Gasteiger partial charge on any atom is 0.433 e. The fourth-order valence-electron chi connectivity index (χ4n) is 5.96. The first kappa shape index (κ1) is 27.5. The summed E-state index contributed by atoms with van der Waals surface area (Å²) in [5, 5.41) is 6.18. The van der Waals surface area contributed by atoms with Gasteiger partial charge >= 0.3 is 6.18 Å². The summed E-state index contributed by atoms with van der Waals surface area (Å²) in [4.78, 5) is 36.7. The zero-order valence-electron chi connectivity index (χ0n) is 23.0. The number of nitrogens with zero attached hydrogens (tertiary/aromatic N) is 6. The minimum absolute atomic E-state index is 0.00749. The largest absolute Gasteiger partial charge is 0.493 e. The van der Waals surface area contributed by atoms with E-state index in [0.717, 1.165) is 38.2 Å². The number of carbonyl (C=O) groups excluding carboxylic acids is 2. The number of fused-ring (bicyclic) bond motifs is 2. The number of benzene rings is 1. The Bertz CT molecular complexity index is 1700. The minimum atomic E-state index is -4.61. The zero-order valence-corrected chi connectivity index (χ0v) is 23.0. The molecule has 2 amide bonds. The molecule has 2 aliphatic heterocycles. The first-order valence-electron chi connectivity index (χ1n) is 13.7. The predicted octanol–water partition coefficient (Wildman–Crippen LogP) is 4.25. The van der Waals surface area contributed by atoms with Crippen LogP contribution in [0.1, 0.15) is 60.4 Å². The van der Waals surface area contributed by atoms with Gasteiger partial charge in [0.15, 0.2) is 5.82 Å². The highest BCUT2D eigenvalue weighted by Gasteiger charge is 2.39. The Morgan fingerprint density at radius 1 is 1.21 bits per heavy atom. The smallest absolute Gasteiger partial charge is 0.433 e. The van der Waals surface area contributed by atoms with Crippen LogP contribution >= 0.6 is 0 Å². The molecule has 0 saturated carbocycles. The number of nitrogen functional groups attached to an aromatic ring is 1. The van der Waals surface area contributed by atoms with Gasteiger partial charge in [-0.3, -0.25) is 18.7 Å². The number of aromatic nitrogens is 5. The van der Waals surface area contributed by atoms with Crippen LogP contribution in [0.4, 0.5) is 24.8 Å². The molecule has 1 aromatic carbocycles. The normalized spacial score (nSPS) is 18.9. The van der Waals surface area contributed by atoms with Gasteiger partial charge in [-0.2, -0.15) is 18.3 Å². The first-order chi connectivity index (χ1) is 20.0. The Labute approximate surface area is 238 Å². The molecule has 2 saturated heterocycles. The third-order valence-electron chi connectivity index (χ3n) is 7.90. The van der Waals surface area contributed by atoms with Gasteiger partial charge in [-0.15, -0.1) is 0 Å². The number of carbonyl (C=O) groups is 2. The molecule has 0 aliphatic carbocycles. The van der Waals surface area contributed by atoms with Gasteiger partial charge < -0.3 is 20.7 Å². The average Bonchev–Trinajstić information content (AvgIpc) is 3.64. The maximum atomic E-state index is 13.2. The van der Waals surface area contributed by atoms with Crippen LogP contribution in [0.2, 0.25) is 0 Å². The molecule has 0 bridgehead atoms. The number of amides is 2. The second kappa shape index (κ2) is 10.3. The quantitative estimate of drug-likeness (QED) is 0.347. The third-order valence-corrected chi connectivity index (χ3v) is 7.90. The lowest BCUT2D eigenvalue weighted by molar-refractivity contribution is -0.143. The van der Waals surface area contributed by atoms with E-state index >= 15 is 0 Å². The lowest BCUT2D eigenvalue weighted by atomic mass is 9.92. The Morgan fingerprint density at radius 2 is 2.02 bits per heavy atom. The molecule has 2 unspecified atom stereocenters. The van der Waals surface area contributed by atoms with E-state index in [0.29, 0.717) is 40.2 Å². The van der Waals surface area contributed by atoms with E-state index in [1.54, 1.807) is 25.4 Å². The molecular formula is C28H29F3N8O3. The first-order valence-corrected chi connectivity index (χ1v) is 13.7.